The predicted octanol–water partition coefficient (Wildman–Crippen LogP) is 6.00. The minimum absolute atomic E-state index is 0.0388. The molecule has 0 aliphatic rings. The fraction of sp³-hybridized carbons (Fsp3) is 0.800. The first-order chi connectivity index (χ1) is 23.3. The third-order valence-corrected chi connectivity index (χ3v) is 14.1. The summed E-state index contributed by atoms with van der Waals surface area (Å²) in [7, 11) is 0. The molecule has 0 spiro atoms. The van der Waals surface area contributed by atoms with E-state index in [1.165, 1.54) is 51.4 Å². The van der Waals surface area contributed by atoms with Gasteiger partial charge in [-0.3, -0.25) is 0 Å². The Morgan fingerprint density at radius 3 is 0.939 bits per heavy atom. The number of hydrogen-bond donors (Lipinski definition) is 0. The van der Waals surface area contributed by atoms with Crippen molar-refractivity contribution in [1.82, 2.24) is 0 Å². The van der Waals surface area contributed by atoms with Gasteiger partial charge in [0.15, 0.2) is 0 Å². The van der Waals surface area contributed by atoms with Crippen LogP contribution in [-0.2, 0) is 19.2 Å². The summed E-state index contributed by atoms with van der Waals surface area (Å²) in [5, 5.41) is 42.0. The molecule has 49 heavy (non-hydrogen) atoms. The average molecular weight is 798 g/mol. The molecular formula is C40H70O8Sn. The van der Waals surface area contributed by atoms with E-state index in [1.807, 2.05) is 13.8 Å². The zero-order chi connectivity index (χ0) is 38.0. The van der Waals surface area contributed by atoms with Gasteiger partial charge in [-0.1, -0.05) is 79.1 Å². The number of aliphatic carboxylic acids is 4. The van der Waals surface area contributed by atoms with Gasteiger partial charge in [0.2, 0.25) is 0 Å². The van der Waals surface area contributed by atoms with Crippen LogP contribution >= 0.6 is 0 Å². The molecule has 0 heterocycles. The zero-order valence-electron chi connectivity index (χ0n) is 32.4. The minimum atomic E-state index is -1.48. The number of carboxylic acid groups (broad SMARTS) is 4. The summed E-state index contributed by atoms with van der Waals surface area (Å²) in [5.74, 6) is -3.23. The number of carbonyl (C=O) groups excluding carboxylic acids is 4. The zero-order valence-corrected chi connectivity index (χ0v) is 35.2. The van der Waals surface area contributed by atoms with Gasteiger partial charge in [-0.25, -0.2) is 0 Å². The fourth-order valence-electron chi connectivity index (χ4n) is 5.57. The monoisotopic (exact) mass is 798 g/mol. The molecule has 0 bridgehead atoms. The summed E-state index contributed by atoms with van der Waals surface area (Å²) >= 11 is -0.0388. The van der Waals surface area contributed by atoms with Crippen LogP contribution < -0.4 is 20.4 Å². The van der Waals surface area contributed by atoms with Gasteiger partial charge in [-0.2, -0.15) is 0 Å². The van der Waals surface area contributed by atoms with Crippen LogP contribution in [0.25, 0.3) is 0 Å². The molecule has 0 fully saturated rings. The van der Waals surface area contributed by atoms with E-state index in [-0.39, 0.29) is 57.0 Å². The van der Waals surface area contributed by atoms with E-state index in [2.05, 4.69) is 41.5 Å². The van der Waals surface area contributed by atoms with Gasteiger partial charge in [-0.05, 0) is 48.0 Å². The Balaban J connectivity index is -0.000000648. The molecule has 0 aromatic carbocycles. The van der Waals surface area contributed by atoms with Crippen molar-refractivity contribution in [3.8, 4) is 0 Å². The molecule has 4 unspecified atom stereocenters. The van der Waals surface area contributed by atoms with Gasteiger partial charge in [0, 0.05) is 0 Å². The van der Waals surface area contributed by atoms with Crippen molar-refractivity contribution in [3.63, 3.8) is 0 Å². The number of unbranched alkanes of at least 4 members (excludes halogenated alkanes) is 4. The van der Waals surface area contributed by atoms with Gasteiger partial charge in [0.25, 0.3) is 0 Å². The molecular weight excluding hydrogens is 727 g/mol. The fourth-order valence-corrected chi connectivity index (χ4v) is 11.2. The molecule has 0 aromatic heterocycles. The second-order valence-corrected chi connectivity index (χ2v) is 17.0. The maximum absolute atomic E-state index is 10.7. The molecule has 0 amide bonds. The van der Waals surface area contributed by atoms with Crippen molar-refractivity contribution in [2.45, 2.75) is 180 Å². The summed E-state index contributed by atoms with van der Waals surface area (Å²) in [4.78, 5) is 42.0. The summed E-state index contributed by atoms with van der Waals surface area (Å²) in [6, 6.07) is 0. The van der Waals surface area contributed by atoms with E-state index in [4.69, 9.17) is 0 Å². The van der Waals surface area contributed by atoms with Crippen LogP contribution in [0, 0.1) is 23.7 Å². The van der Waals surface area contributed by atoms with Crippen LogP contribution in [0.15, 0.2) is 23.3 Å². The first-order valence-corrected chi connectivity index (χ1v) is 23.3. The number of rotatable bonds is 28. The van der Waals surface area contributed by atoms with Crippen LogP contribution in [-0.4, -0.2) is 45.0 Å². The van der Waals surface area contributed by atoms with Crippen molar-refractivity contribution in [3.05, 3.63) is 23.3 Å². The van der Waals surface area contributed by atoms with E-state index in [9.17, 15) is 39.6 Å². The Kier molecular flexibility index (Phi) is 37.8. The van der Waals surface area contributed by atoms with Gasteiger partial charge in [0.05, 0.1) is 23.9 Å². The molecule has 0 aliphatic carbocycles. The van der Waals surface area contributed by atoms with Gasteiger partial charge in [-0.15, -0.1) is 0 Å². The Morgan fingerprint density at radius 2 is 0.735 bits per heavy atom. The van der Waals surface area contributed by atoms with Crippen molar-refractivity contribution >= 4 is 45.0 Å². The normalized spacial score (nSPS) is 14.0. The molecule has 0 rings (SSSR count). The van der Waals surface area contributed by atoms with Gasteiger partial charge in [0.1, 0.15) is 0 Å². The van der Waals surface area contributed by atoms with E-state index in [1.54, 1.807) is 8.87 Å². The Morgan fingerprint density at radius 1 is 0.469 bits per heavy atom. The van der Waals surface area contributed by atoms with Crippen molar-refractivity contribution in [1.29, 1.82) is 0 Å². The predicted molar refractivity (Wildman–Crippen MR) is 194 cm³/mol. The molecule has 9 heteroatoms. The molecule has 0 saturated heterocycles. The summed E-state index contributed by atoms with van der Waals surface area (Å²) in [6.07, 6.45) is 20.9. The van der Waals surface area contributed by atoms with Crippen LogP contribution in [0.2, 0.25) is 8.87 Å². The summed E-state index contributed by atoms with van der Waals surface area (Å²) in [6.45, 7) is 17.5. The first-order valence-electron chi connectivity index (χ1n) is 19.3. The molecule has 0 N–H and O–H groups in total. The quantitative estimate of drug-likeness (QED) is 0.0689. The Bertz CT molecular complexity index is 842. The average Bonchev–Trinajstić information content (AvgIpc) is 3.06. The standard InChI is InChI=1S/2C12H20O4.2C8H17.Sn/c2*1-3-5-6-9(4-2)7-10(12(15)16)8-11(13)14;2*1-4-6-7-8(3)5-2;/h2*8-9H,3-7H2,1-2H3,(H,13,14)(H,15,16);2*8H,3-7H2,1-2H3;/q;;;;+4/p-4/b2*10-8-;;;. The van der Waals surface area contributed by atoms with Crippen molar-refractivity contribution in [2.24, 2.45) is 23.7 Å². The number of carboxylic acids is 4. The molecule has 282 valence electrons. The molecule has 0 saturated carbocycles. The van der Waals surface area contributed by atoms with Crippen LogP contribution in [0.4, 0.5) is 0 Å². The van der Waals surface area contributed by atoms with Crippen LogP contribution in [0.3, 0.4) is 0 Å². The molecule has 6 radical (unpaired) electrons. The second-order valence-electron chi connectivity index (χ2n) is 13.3. The summed E-state index contributed by atoms with van der Waals surface area (Å²) in [5.41, 5.74) is -0.356. The summed E-state index contributed by atoms with van der Waals surface area (Å²) < 4.78 is 3.31. The maximum atomic E-state index is 10.7. The van der Waals surface area contributed by atoms with E-state index >= 15 is 0 Å². The van der Waals surface area contributed by atoms with E-state index < -0.39 is 23.9 Å². The number of hydrogen-bond acceptors (Lipinski definition) is 8. The molecule has 0 aromatic rings. The number of carbonyl (C=O) groups is 4. The third kappa shape index (κ3) is 33.1. The second kappa shape index (κ2) is 36.0. The Hall–Kier alpha value is -1.84. The SMILES string of the molecule is CCCCC(CC)C/C(=C/C(=O)[O-])C(=O)[O-].CCCCC(CC)C/C(=C/C(=O)[O-])C(=O)[O-].CCCCC(CC)[CH2][Sn+4][CH2]C(CC)CCCC. The molecule has 0 aliphatic heterocycles. The first kappa shape index (κ1) is 51.5. The topological polar surface area (TPSA) is 161 Å². The van der Waals surface area contributed by atoms with Crippen molar-refractivity contribution < 1.29 is 39.6 Å². The van der Waals surface area contributed by atoms with Gasteiger partial charge < -0.3 is 39.6 Å². The van der Waals surface area contributed by atoms with E-state index in [0.717, 1.165) is 63.2 Å². The third-order valence-electron chi connectivity index (χ3n) is 9.16. The van der Waals surface area contributed by atoms with Gasteiger partial charge >= 0.3 is 121 Å². The Labute approximate surface area is 310 Å². The van der Waals surface area contributed by atoms with Crippen LogP contribution in [0.1, 0.15) is 171 Å². The van der Waals surface area contributed by atoms with Crippen LogP contribution in [0.5, 0.6) is 0 Å². The molecule has 8 nitrogen and oxygen atoms in total. The van der Waals surface area contributed by atoms with E-state index in [0.29, 0.717) is 12.2 Å². The molecule has 4 atom stereocenters. The van der Waals surface area contributed by atoms with Crippen molar-refractivity contribution in [2.75, 3.05) is 0 Å².